The molecule has 13 heteroatoms. The highest BCUT2D eigenvalue weighted by Gasteiger charge is 2.19. The van der Waals surface area contributed by atoms with Crippen LogP contribution in [0, 0.1) is 6.92 Å². The average molecular weight is 585 g/mol. The molecule has 0 saturated carbocycles. The molecule has 9 nitrogen and oxygen atoms in total. The third-order valence-electron chi connectivity index (χ3n) is 5.41. The molecular weight excluding hydrogens is 565 g/mol. The van der Waals surface area contributed by atoms with Crippen LogP contribution in [0.2, 0.25) is 10.0 Å². The molecule has 0 fully saturated rings. The van der Waals surface area contributed by atoms with E-state index in [-0.39, 0.29) is 24.1 Å². The maximum atomic E-state index is 13.1. The Balaban J connectivity index is 1.37. The number of thioether (sulfide) groups is 1. The van der Waals surface area contributed by atoms with Crippen LogP contribution in [0.5, 0.6) is 0 Å². The number of fused-ring (bicyclic) bond motifs is 1. The largest absolute Gasteiger partial charge is 0.345 e. The molecule has 0 radical (unpaired) electrons. The predicted octanol–water partition coefficient (Wildman–Crippen LogP) is 5.55. The van der Waals surface area contributed by atoms with E-state index >= 15 is 0 Å². The third-order valence-corrected chi connectivity index (χ3v) is 7.83. The summed E-state index contributed by atoms with van der Waals surface area (Å²) in [6.45, 7) is 1.90. The summed E-state index contributed by atoms with van der Waals surface area (Å²) >= 11 is 14.9. The highest BCUT2D eigenvalue weighted by Crippen LogP contribution is 2.28. The van der Waals surface area contributed by atoms with Gasteiger partial charge in [0.2, 0.25) is 11.0 Å². The second-order valence-corrected chi connectivity index (χ2v) is 10.9. The number of hydrogen-bond donors (Lipinski definition) is 2. The fourth-order valence-electron chi connectivity index (χ4n) is 3.70. The van der Waals surface area contributed by atoms with Gasteiger partial charge in [0.05, 0.1) is 28.0 Å². The summed E-state index contributed by atoms with van der Waals surface area (Å²) in [5.41, 5.74) is 1.20. The number of aryl methyl sites for hydroxylation is 1. The normalized spacial score (nSPS) is 11.0. The van der Waals surface area contributed by atoms with Crippen molar-refractivity contribution in [1.82, 2.24) is 30.3 Å². The van der Waals surface area contributed by atoms with Gasteiger partial charge in [0.25, 0.3) is 5.91 Å². The van der Waals surface area contributed by atoms with Gasteiger partial charge in [-0.25, -0.2) is 0 Å². The Morgan fingerprint density at radius 2 is 1.79 bits per heavy atom. The van der Waals surface area contributed by atoms with Crippen LogP contribution in [0.3, 0.4) is 0 Å². The van der Waals surface area contributed by atoms with Crippen molar-refractivity contribution >= 4 is 74.0 Å². The SMILES string of the molecule is Cc1nnc(NC(=O)CSc2nnc(CNC(=O)c3cccc4ccccc34)n2-c2ccc(Cl)c(Cl)c2)s1. The van der Waals surface area contributed by atoms with Crippen LogP contribution in [0.1, 0.15) is 21.2 Å². The van der Waals surface area contributed by atoms with E-state index in [0.29, 0.717) is 37.4 Å². The standard InChI is InChI=1S/C25H19Cl2N7O2S2/c1-14-30-32-24(38-14)29-22(35)13-37-25-33-31-21(34(25)16-9-10-19(26)20(27)11-16)12-28-23(36)18-8-4-6-15-5-2-3-7-17(15)18/h2-11H,12-13H2,1H3,(H,28,36)(H,29,32,35). The quantitative estimate of drug-likeness (QED) is 0.230. The van der Waals surface area contributed by atoms with Crippen LogP contribution in [-0.4, -0.2) is 42.5 Å². The van der Waals surface area contributed by atoms with Gasteiger partial charge in [-0.2, -0.15) is 0 Å². The zero-order chi connectivity index (χ0) is 26.6. The van der Waals surface area contributed by atoms with E-state index in [1.165, 1.54) is 23.1 Å². The summed E-state index contributed by atoms with van der Waals surface area (Å²) < 4.78 is 1.73. The molecule has 0 aliphatic carbocycles. The number of rotatable bonds is 8. The van der Waals surface area contributed by atoms with Gasteiger partial charge in [0.15, 0.2) is 11.0 Å². The molecule has 38 heavy (non-hydrogen) atoms. The number of halogens is 2. The lowest BCUT2D eigenvalue weighted by atomic mass is 10.0. The molecule has 2 heterocycles. The first-order chi connectivity index (χ1) is 18.4. The van der Waals surface area contributed by atoms with E-state index in [9.17, 15) is 9.59 Å². The van der Waals surface area contributed by atoms with Gasteiger partial charge < -0.3 is 5.32 Å². The second-order valence-electron chi connectivity index (χ2n) is 8.01. The van der Waals surface area contributed by atoms with Crippen molar-refractivity contribution < 1.29 is 9.59 Å². The molecule has 192 valence electrons. The summed E-state index contributed by atoms with van der Waals surface area (Å²) in [5, 5.41) is 26.2. The summed E-state index contributed by atoms with van der Waals surface area (Å²) in [4.78, 5) is 25.6. The fourth-order valence-corrected chi connectivity index (χ4v) is 5.37. The van der Waals surface area contributed by atoms with E-state index < -0.39 is 0 Å². The van der Waals surface area contributed by atoms with Crippen molar-refractivity contribution in [3.8, 4) is 5.69 Å². The van der Waals surface area contributed by atoms with E-state index in [1.54, 1.807) is 28.8 Å². The number of nitrogens with one attached hydrogen (secondary N) is 2. The number of nitrogens with zero attached hydrogens (tertiary/aromatic N) is 5. The van der Waals surface area contributed by atoms with Gasteiger partial charge in [-0.1, -0.05) is 82.7 Å². The van der Waals surface area contributed by atoms with Crippen LogP contribution in [-0.2, 0) is 11.3 Å². The topological polar surface area (TPSA) is 115 Å². The van der Waals surface area contributed by atoms with Crippen LogP contribution in [0.25, 0.3) is 16.5 Å². The summed E-state index contributed by atoms with van der Waals surface area (Å²) in [6, 6.07) is 18.4. The number of aromatic nitrogens is 5. The number of carbonyl (C=O) groups is 2. The van der Waals surface area contributed by atoms with Crippen LogP contribution >= 0.6 is 46.3 Å². The van der Waals surface area contributed by atoms with Gasteiger partial charge in [-0.3, -0.25) is 19.5 Å². The lowest BCUT2D eigenvalue weighted by Crippen LogP contribution is -2.25. The first-order valence-corrected chi connectivity index (χ1v) is 13.8. The second kappa shape index (κ2) is 11.5. The number of hydrogen-bond acceptors (Lipinski definition) is 8. The Morgan fingerprint density at radius 1 is 0.974 bits per heavy atom. The Hall–Kier alpha value is -3.51. The maximum absolute atomic E-state index is 13.1. The van der Waals surface area contributed by atoms with Crippen molar-refractivity contribution in [2.75, 3.05) is 11.1 Å². The molecule has 2 amide bonds. The van der Waals surface area contributed by atoms with Crippen molar-refractivity contribution in [3.63, 3.8) is 0 Å². The van der Waals surface area contributed by atoms with Gasteiger partial charge in [-0.15, -0.1) is 20.4 Å². The minimum atomic E-state index is -0.263. The Bertz CT molecular complexity index is 1650. The van der Waals surface area contributed by atoms with E-state index in [0.717, 1.165) is 15.8 Å². The zero-order valence-corrected chi connectivity index (χ0v) is 23.0. The van der Waals surface area contributed by atoms with Gasteiger partial charge in [0, 0.05) is 5.56 Å². The number of anilines is 1. The van der Waals surface area contributed by atoms with Crippen molar-refractivity contribution in [2.45, 2.75) is 18.6 Å². The third kappa shape index (κ3) is 5.81. The average Bonchev–Trinajstić information content (AvgIpc) is 3.52. The maximum Gasteiger partial charge on any atom is 0.252 e. The number of amides is 2. The highest BCUT2D eigenvalue weighted by atomic mass is 35.5. The predicted molar refractivity (Wildman–Crippen MR) is 150 cm³/mol. The summed E-state index contributed by atoms with van der Waals surface area (Å²) in [7, 11) is 0. The highest BCUT2D eigenvalue weighted by molar-refractivity contribution is 7.99. The lowest BCUT2D eigenvalue weighted by molar-refractivity contribution is -0.113. The smallest absolute Gasteiger partial charge is 0.252 e. The summed E-state index contributed by atoms with van der Waals surface area (Å²) in [6.07, 6.45) is 0. The minimum absolute atomic E-state index is 0.0560. The van der Waals surface area contributed by atoms with E-state index in [4.69, 9.17) is 23.2 Å². The molecule has 5 rings (SSSR count). The molecule has 0 aliphatic heterocycles. The molecule has 0 atom stereocenters. The van der Waals surface area contributed by atoms with Crippen molar-refractivity contribution in [1.29, 1.82) is 0 Å². The van der Waals surface area contributed by atoms with Crippen LogP contribution < -0.4 is 10.6 Å². The molecular formula is C25H19Cl2N7O2S2. The van der Waals surface area contributed by atoms with E-state index in [2.05, 4.69) is 31.0 Å². The number of carbonyl (C=O) groups excluding carboxylic acids is 2. The van der Waals surface area contributed by atoms with E-state index in [1.807, 2.05) is 43.3 Å². The molecule has 2 N–H and O–H groups in total. The lowest BCUT2D eigenvalue weighted by Gasteiger charge is -2.12. The molecule has 0 bridgehead atoms. The zero-order valence-electron chi connectivity index (χ0n) is 19.8. The molecule has 5 aromatic rings. The Morgan fingerprint density at radius 3 is 2.58 bits per heavy atom. The van der Waals surface area contributed by atoms with Crippen LogP contribution in [0.15, 0.2) is 65.8 Å². The fraction of sp³-hybridized carbons (Fsp3) is 0.120. The molecule has 0 aliphatic rings. The molecule has 0 spiro atoms. The first-order valence-electron chi connectivity index (χ1n) is 11.3. The summed E-state index contributed by atoms with van der Waals surface area (Å²) in [5.74, 6) is 0.00665. The van der Waals surface area contributed by atoms with Crippen molar-refractivity contribution in [2.24, 2.45) is 0 Å². The van der Waals surface area contributed by atoms with Gasteiger partial charge >= 0.3 is 0 Å². The monoisotopic (exact) mass is 583 g/mol. The molecule has 0 unspecified atom stereocenters. The Labute approximate surface area is 235 Å². The molecule has 0 saturated heterocycles. The number of benzene rings is 3. The minimum Gasteiger partial charge on any atom is -0.345 e. The molecule has 3 aromatic carbocycles. The Kier molecular flexibility index (Phi) is 7.89. The first kappa shape index (κ1) is 26.1. The molecule has 2 aromatic heterocycles. The van der Waals surface area contributed by atoms with Crippen molar-refractivity contribution in [3.05, 3.63) is 87.1 Å². The van der Waals surface area contributed by atoms with Gasteiger partial charge in [-0.05, 0) is 42.0 Å². The van der Waals surface area contributed by atoms with Gasteiger partial charge in [0.1, 0.15) is 5.01 Å². The van der Waals surface area contributed by atoms with Crippen LogP contribution in [0.4, 0.5) is 5.13 Å².